The normalized spacial score (nSPS) is 12.3. The van der Waals surface area contributed by atoms with Gasteiger partial charge in [-0.15, -0.1) is 0 Å². The van der Waals surface area contributed by atoms with E-state index >= 15 is 0 Å². The lowest BCUT2D eigenvalue weighted by Crippen LogP contribution is -2.19. The molecule has 112 valence electrons. The fourth-order valence-electron chi connectivity index (χ4n) is 1.73. The summed E-state index contributed by atoms with van der Waals surface area (Å²) in [5.74, 6) is 1.82. The maximum Gasteiger partial charge on any atom is 0.180 e. The van der Waals surface area contributed by atoms with Crippen LogP contribution < -0.4 is 14.8 Å². The number of rotatable bonds is 8. The van der Waals surface area contributed by atoms with Crippen molar-refractivity contribution in [3.05, 3.63) is 35.4 Å². The lowest BCUT2D eigenvalue weighted by Gasteiger charge is -2.17. The maximum atomic E-state index is 6.29. The van der Waals surface area contributed by atoms with E-state index in [1.165, 1.54) is 0 Å². The molecule has 0 fully saturated rings. The molecule has 0 radical (unpaired) electrons. The van der Waals surface area contributed by atoms with Gasteiger partial charge in [-0.1, -0.05) is 38.1 Å². The fourth-order valence-corrected chi connectivity index (χ4v) is 2.01. The number of benzene rings is 1. The number of ether oxygens (including phenoxy) is 2. The van der Waals surface area contributed by atoms with Crippen molar-refractivity contribution in [1.29, 1.82) is 0 Å². The summed E-state index contributed by atoms with van der Waals surface area (Å²) in [7, 11) is 1.61. The zero-order chi connectivity index (χ0) is 15.1. The van der Waals surface area contributed by atoms with Gasteiger partial charge in [0, 0.05) is 6.54 Å². The molecule has 1 N–H and O–H groups in total. The van der Waals surface area contributed by atoms with Gasteiger partial charge in [0.2, 0.25) is 0 Å². The van der Waals surface area contributed by atoms with Crippen LogP contribution in [0.3, 0.4) is 0 Å². The Hall–Kier alpha value is -1.19. The number of nitrogens with one attached hydrogen (secondary N) is 1. The minimum absolute atomic E-state index is 0.119. The molecule has 1 unspecified atom stereocenters. The Morgan fingerprint density at radius 3 is 2.60 bits per heavy atom. The second-order valence-corrected chi connectivity index (χ2v) is 5.60. The fraction of sp³-hybridized carbons (Fsp3) is 0.500. The number of methoxy groups -OCH3 is 1. The van der Waals surface area contributed by atoms with E-state index in [1.54, 1.807) is 13.2 Å². The third-order valence-electron chi connectivity index (χ3n) is 2.81. The average molecular weight is 298 g/mol. The zero-order valence-corrected chi connectivity index (χ0v) is 13.5. The molecule has 3 nitrogen and oxygen atoms in total. The molecule has 1 atom stereocenters. The van der Waals surface area contributed by atoms with Crippen molar-refractivity contribution in [3.63, 3.8) is 0 Å². The summed E-state index contributed by atoms with van der Waals surface area (Å²) in [6.07, 6.45) is 1.60. The Morgan fingerprint density at radius 2 is 2.05 bits per heavy atom. The summed E-state index contributed by atoms with van der Waals surface area (Å²) < 4.78 is 11.1. The van der Waals surface area contributed by atoms with Crippen LogP contribution in [-0.4, -0.2) is 19.8 Å². The van der Waals surface area contributed by atoms with Crippen molar-refractivity contribution in [1.82, 2.24) is 5.32 Å². The summed E-state index contributed by atoms with van der Waals surface area (Å²) in [6, 6.07) is 3.85. The minimum atomic E-state index is -0.119. The monoisotopic (exact) mass is 297 g/mol. The minimum Gasteiger partial charge on any atom is -0.493 e. The van der Waals surface area contributed by atoms with Crippen molar-refractivity contribution in [2.75, 3.05) is 13.7 Å². The highest BCUT2D eigenvalue weighted by Crippen LogP contribution is 2.37. The molecule has 0 spiro atoms. The zero-order valence-electron chi connectivity index (χ0n) is 12.7. The predicted molar refractivity (Wildman–Crippen MR) is 84.8 cm³/mol. The smallest absolute Gasteiger partial charge is 0.180 e. The molecule has 1 aromatic carbocycles. The van der Waals surface area contributed by atoms with E-state index in [2.05, 4.69) is 25.7 Å². The first-order valence-electron chi connectivity index (χ1n) is 6.84. The van der Waals surface area contributed by atoms with Crippen LogP contribution in [0.1, 0.15) is 26.3 Å². The van der Waals surface area contributed by atoms with Crippen LogP contribution in [0.5, 0.6) is 11.5 Å². The molecule has 0 saturated carbocycles. The predicted octanol–water partition coefficient (Wildman–Crippen LogP) is 4.05. The lowest BCUT2D eigenvalue weighted by molar-refractivity contribution is 0.254. The molecule has 0 aromatic heterocycles. The first-order chi connectivity index (χ1) is 9.47. The summed E-state index contributed by atoms with van der Waals surface area (Å²) in [5, 5.41) is 3.93. The average Bonchev–Trinajstić information content (AvgIpc) is 2.40. The molecular weight excluding hydrogens is 274 g/mol. The van der Waals surface area contributed by atoms with Crippen molar-refractivity contribution in [2.24, 2.45) is 5.92 Å². The van der Waals surface area contributed by atoms with E-state index < -0.39 is 0 Å². The third kappa shape index (κ3) is 5.06. The molecule has 0 heterocycles. The van der Waals surface area contributed by atoms with Crippen LogP contribution in [0.2, 0.25) is 5.02 Å². The Morgan fingerprint density at radius 1 is 1.35 bits per heavy atom. The van der Waals surface area contributed by atoms with Crippen LogP contribution in [0.25, 0.3) is 0 Å². The number of hydrogen-bond acceptors (Lipinski definition) is 3. The number of halogens is 1. The molecule has 20 heavy (non-hydrogen) atoms. The van der Waals surface area contributed by atoms with Gasteiger partial charge in [0.25, 0.3) is 0 Å². The van der Waals surface area contributed by atoms with Gasteiger partial charge in [-0.05, 0) is 37.1 Å². The molecule has 0 amide bonds. The highest BCUT2D eigenvalue weighted by Gasteiger charge is 2.13. The highest BCUT2D eigenvalue weighted by molar-refractivity contribution is 6.32. The van der Waals surface area contributed by atoms with Crippen molar-refractivity contribution in [3.8, 4) is 11.5 Å². The quantitative estimate of drug-likeness (QED) is 0.734. The van der Waals surface area contributed by atoms with Crippen molar-refractivity contribution < 1.29 is 9.47 Å². The molecular formula is C16H24ClNO2. The molecule has 0 bridgehead atoms. The molecule has 0 aliphatic heterocycles. The standard InChI is InChI=1S/C16H24ClNO2/c1-6-12(4)20-16-14(17)7-13(8-15(16)19-5)10-18-9-11(2)3/h6-8,11-12,18H,1,9-10H2,2-5H3. The van der Waals surface area contributed by atoms with Crippen molar-refractivity contribution >= 4 is 11.6 Å². The van der Waals surface area contributed by atoms with Gasteiger partial charge in [-0.2, -0.15) is 0 Å². The Bertz CT molecular complexity index is 446. The first-order valence-corrected chi connectivity index (χ1v) is 7.22. The van der Waals surface area contributed by atoms with E-state index in [0.717, 1.165) is 18.7 Å². The Labute approximate surface area is 126 Å². The van der Waals surface area contributed by atoms with Crippen LogP contribution in [-0.2, 0) is 6.54 Å². The van der Waals surface area contributed by atoms with Gasteiger partial charge in [-0.25, -0.2) is 0 Å². The number of hydrogen-bond donors (Lipinski definition) is 1. The lowest BCUT2D eigenvalue weighted by atomic mass is 10.1. The maximum absolute atomic E-state index is 6.29. The van der Waals surface area contributed by atoms with Gasteiger partial charge < -0.3 is 14.8 Å². The second-order valence-electron chi connectivity index (χ2n) is 5.19. The molecule has 4 heteroatoms. The Kier molecular flexibility index (Phi) is 6.89. The van der Waals surface area contributed by atoms with Gasteiger partial charge in [-0.3, -0.25) is 0 Å². The molecule has 0 aliphatic rings. The molecule has 1 rings (SSSR count). The van der Waals surface area contributed by atoms with Gasteiger partial charge in [0.15, 0.2) is 11.5 Å². The van der Waals surface area contributed by atoms with E-state index in [0.29, 0.717) is 22.4 Å². The summed E-state index contributed by atoms with van der Waals surface area (Å²) in [4.78, 5) is 0. The third-order valence-corrected chi connectivity index (χ3v) is 3.09. The van der Waals surface area contributed by atoms with Gasteiger partial charge >= 0.3 is 0 Å². The van der Waals surface area contributed by atoms with Crippen LogP contribution in [0.4, 0.5) is 0 Å². The SMILES string of the molecule is C=CC(C)Oc1c(Cl)cc(CNCC(C)C)cc1OC. The van der Waals surface area contributed by atoms with E-state index in [4.69, 9.17) is 21.1 Å². The van der Waals surface area contributed by atoms with E-state index in [-0.39, 0.29) is 6.10 Å². The van der Waals surface area contributed by atoms with Crippen LogP contribution in [0, 0.1) is 5.92 Å². The summed E-state index contributed by atoms with van der Waals surface area (Å²) >= 11 is 6.29. The summed E-state index contributed by atoms with van der Waals surface area (Å²) in [5.41, 5.74) is 1.08. The van der Waals surface area contributed by atoms with E-state index in [1.807, 2.05) is 19.1 Å². The van der Waals surface area contributed by atoms with Gasteiger partial charge in [0.05, 0.1) is 12.1 Å². The molecule has 0 saturated heterocycles. The van der Waals surface area contributed by atoms with Crippen molar-refractivity contribution in [2.45, 2.75) is 33.4 Å². The highest BCUT2D eigenvalue weighted by atomic mass is 35.5. The summed E-state index contributed by atoms with van der Waals surface area (Å²) in [6.45, 7) is 11.7. The van der Waals surface area contributed by atoms with Crippen LogP contribution >= 0.6 is 11.6 Å². The van der Waals surface area contributed by atoms with E-state index in [9.17, 15) is 0 Å². The molecule has 1 aromatic rings. The Balaban J connectivity index is 2.86. The van der Waals surface area contributed by atoms with Gasteiger partial charge in [0.1, 0.15) is 6.10 Å². The largest absolute Gasteiger partial charge is 0.493 e. The molecule has 0 aliphatic carbocycles. The second kappa shape index (κ2) is 8.18. The first kappa shape index (κ1) is 16.9. The van der Waals surface area contributed by atoms with Crippen LogP contribution in [0.15, 0.2) is 24.8 Å². The topological polar surface area (TPSA) is 30.5 Å².